The summed E-state index contributed by atoms with van der Waals surface area (Å²) in [6, 6.07) is 13.5. The number of rotatable bonds is 4. The van der Waals surface area contributed by atoms with Crippen LogP contribution in [0.5, 0.6) is 0 Å². The first-order chi connectivity index (χ1) is 10.5. The molecule has 0 aliphatic heterocycles. The Bertz CT molecular complexity index is 683. The maximum atomic E-state index is 12.1. The summed E-state index contributed by atoms with van der Waals surface area (Å²) in [5, 5.41) is 5.74. The third kappa shape index (κ3) is 4.09. The molecule has 2 amide bonds. The van der Waals surface area contributed by atoms with Crippen LogP contribution in [0.3, 0.4) is 0 Å². The highest BCUT2D eigenvalue weighted by Gasteiger charge is 2.18. The summed E-state index contributed by atoms with van der Waals surface area (Å²) in [7, 11) is 0. The molecule has 0 heterocycles. The Balaban J connectivity index is 1.98. The minimum absolute atomic E-state index is 0.288. The lowest BCUT2D eigenvalue weighted by molar-refractivity contribution is -0.117. The molecule has 0 radical (unpaired) electrons. The number of aryl methyl sites for hydroxylation is 1. The highest BCUT2D eigenvalue weighted by Crippen LogP contribution is 2.15. The van der Waals surface area contributed by atoms with Crippen LogP contribution in [-0.4, -0.2) is 17.9 Å². The molecule has 0 aliphatic carbocycles. The van der Waals surface area contributed by atoms with Crippen molar-refractivity contribution in [1.82, 2.24) is 5.32 Å². The summed E-state index contributed by atoms with van der Waals surface area (Å²) < 4.78 is 0. The Morgan fingerprint density at radius 2 is 1.68 bits per heavy atom. The van der Waals surface area contributed by atoms with Gasteiger partial charge in [-0.25, -0.2) is 0 Å². The Morgan fingerprint density at radius 1 is 1.05 bits per heavy atom. The second-order valence-electron chi connectivity index (χ2n) is 5.03. The van der Waals surface area contributed by atoms with Crippen LogP contribution >= 0.6 is 11.6 Å². The molecule has 22 heavy (non-hydrogen) atoms. The zero-order chi connectivity index (χ0) is 16.1. The molecule has 2 aromatic rings. The number of amides is 2. The Labute approximate surface area is 134 Å². The van der Waals surface area contributed by atoms with Crippen LogP contribution in [0.1, 0.15) is 22.8 Å². The van der Waals surface area contributed by atoms with Crippen molar-refractivity contribution in [3.05, 3.63) is 64.7 Å². The van der Waals surface area contributed by atoms with Crippen molar-refractivity contribution < 1.29 is 9.59 Å². The molecular formula is C17H17ClN2O2. The van der Waals surface area contributed by atoms with Gasteiger partial charge in [-0.15, -0.1) is 0 Å². The second-order valence-corrected chi connectivity index (χ2v) is 5.44. The van der Waals surface area contributed by atoms with Crippen LogP contribution in [0.15, 0.2) is 48.5 Å². The Kier molecular flexibility index (Phi) is 5.17. The minimum atomic E-state index is -0.676. The lowest BCUT2D eigenvalue weighted by Gasteiger charge is -2.14. The first kappa shape index (κ1) is 16.0. The standard InChI is InChI=1S/C17H17ClN2O2/c1-11-7-9-13(10-8-11)20-16(21)12(2)19-17(22)14-5-3-4-6-15(14)18/h3-10,12H,1-2H3,(H,19,22)(H,20,21)/t12-/m0/s1. The van der Waals surface area contributed by atoms with Gasteiger partial charge >= 0.3 is 0 Å². The van der Waals surface area contributed by atoms with E-state index in [2.05, 4.69) is 10.6 Å². The fraction of sp³-hybridized carbons (Fsp3) is 0.176. The average molecular weight is 317 g/mol. The molecule has 0 saturated heterocycles. The first-order valence-electron chi connectivity index (χ1n) is 6.90. The highest BCUT2D eigenvalue weighted by atomic mass is 35.5. The zero-order valence-electron chi connectivity index (χ0n) is 12.4. The summed E-state index contributed by atoms with van der Waals surface area (Å²) in [6.45, 7) is 3.59. The van der Waals surface area contributed by atoms with E-state index in [0.717, 1.165) is 5.56 Å². The minimum Gasteiger partial charge on any atom is -0.340 e. The summed E-state index contributed by atoms with van der Waals surface area (Å²) in [5.74, 6) is -0.665. The molecule has 0 aliphatic rings. The molecule has 4 nitrogen and oxygen atoms in total. The molecule has 2 N–H and O–H groups in total. The van der Waals surface area contributed by atoms with Gasteiger partial charge in [0.1, 0.15) is 6.04 Å². The van der Waals surface area contributed by atoms with E-state index in [-0.39, 0.29) is 11.8 Å². The largest absolute Gasteiger partial charge is 0.340 e. The molecule has 0 bridgehead atoms. The summed E-state index contributed by atoms with van der Waals surface area (Å²) in [6.07, 6.45) is 0. The quantitative estimate of drug-likeness (QED) is 0.908. The number of benzene rings is 2. The van der Waals surface area contributed by atoms with E-state index < -0.39 is 6.04 Å². The van der Waals surface area contributed by atoms with E-state index in [4.69, 9.17) is 11.6 Å². The number of halogens is 1. The van der Waals surface area contributed by atoms with Gasteiger partial charge in [-0.2, -0.15) is 0 Å². The lowest BCUT2D eigenvalue weighted by atomic mass is 10.2. The van der Waals surface area contributed by atoms with Gasteiger partial charge in [-0.1, -0.05) is 41.4 Å². The van der Waals surface area contributed by atoms with Gasteiger partial charge in [-0.05, 0) is 38.1 Å². The van der Waals surface area contributed by atoms with Gasteiger partial charge in [0.2, 0.25) is 5.91 Å². The van der Waals surface area contributed by atoms with Crippen molar-refractivity contribution >= 4 is 29.1 Å². The third-order valence-electron chi connectivity index (χ3n) is 3.18. The summed E-state index contributed by atoms with van der Waals surface area (Å²) >= 11 is 5.97. The van der Waals surface area contributed by atoms with Crippen LogP contribution in [0.2, 0.25) is 5.02 Å². The fourth-order valence-corrected chi connectivity index (χ4v) is 2.09. The van der Waals surface area contributed by atoms with Gasteiger partial charge < -0.3 is 10.6 Å². The predicted octanol–water partition coefficient (Wildman–Crippen LogP) is 3.41. The maximum Gasteiger partial charge on any atom is 0.253 e. The van der Waals surface area contributed by atoms with Crippen molar-refractivity contribution in [2.75, 3.05) is 5.32 Å². The van der Waals surface area contributed by atoms with Crippen molar-refractivity contribution in [3.63, 3.8) is 0 Å². The molecule has 0 saturated carbocycles. The third-order valence-corrected chi connectivity index (χ3v) is 3.51. The van der Waals surface area contributed by atoms with Crippen LogP contribution < -0.4 is 10.6 Å². The van der Waals surface area contributed by atoms with Crippen molar-refractivity contribution in [3.8, 4) is 0 Å². The maximum absolute atomic E-state index is 12.1. The van der Waals surface area contributed by atoms with Crippen LogP contribution in [0.4, 0.5) is 5.69 Å². The van der Waals surface area contributed by atoms with Crippen LogP contribution in [0, 0.1) is 6.92 Å². The topological polar surface area (TPSA) is 58.2 Å². The Morgan fingerprint density at radius 3 is 2.32 bits per heavy atom. The number of carbonyl (C=O) groups excluding carboxylic acids is 2. The van der Waals surface area contributed by atoms with E-state index in [9.17, 15) is 9.59 Å². The Hall–Kier alpha value is -2.33. The monoisotopic (exact) mass is 316 g/mol. The molecule has 0 aromatic heterocycles. The predicted molar refractivity (Wildman–Crippen MR) is 88.2 cm³/mol. The second kappa shape index (κ2) is 7.09. The molecule has 0 fully saturated rings. The highest BCUT2D eigenvalue weighted by molar-refractivity contribution is 6.33. The molecular weight excluding hydrogens is 300 g/mol. The molecule has 0 spiro atoms. The van der Waals surface area contributed by atoms with E-state index in [1.165, 1.54) is 0 Å². The van der Waals surface area contributed by atoms with E-state index in [0.29, 0.717) is 16.3 Å². The number of hydrogen-bond acceptors (Lipinski definition) is 2. The molecule has 2 aromatic carbocycles. The normalized spacial score (nSPS) is 11.6. The first-order valence-corrected chi connectivity index (χ1v) is 7.28. The zero-order valence-corrected chi connectivity index (χ0v) is 13.1. The molecule has 1 atom stereocenters. The van der Waals surface area contributed by atoms with Crippen LogP contribution in [0.25, 0.3) is 0 Å². The molecule has 2 rings (SSSR count). The molecule has 5 heteroatoms. The van der Waals surface area contributed by atoms with Gasteiger partial charge in [0.25, 0.3) is 5.91 Å². The SMILES string of the molecule is Cc1ccc(NC(=O)[C@H](C)NC(=O)c2ccccc2Cl)cc1. The van der Waals surface area contributed by atoms with Gasteiger partial charge in [0.05, 0.1) is 10.6 Å². The number of nitrogens with one attached hydrogen (secondary N) is 2. The van der Waals surface area contributed by atoms with E-state index in [1.54, 1.807) is 31.2 Å². The summed E-state index contributed by atoms with van der Waals surface area (Å²) in [4.78, 5) is 24.2. The fourth-order valence-electron chi connectivity index (χ4n) is 1.87. The number of carbonyl (C=O) groups is 2. The van der Waals surface area contributed by atoms with Gasteiger partial charge in [0, 0.05) is 5.69 Å². The van der Waals surface area contributed by atoms with Crippen molar-refractivity contribution in [1.29, 1.82) is 0 Å². The summed E-state index contributed by atoms with van der Waals surface area (Å²) in [5.41, 5.74) is 2.15. The molecule has 114 valence electrons. The van der Waals surface area contributed by atoms with Crippen molar-refractivity contribution in [2.24, 2.45) is 0 Å². The van der Waals surface area contributed by atoms with Crippen LogP contribution in [-0.2, 0) is 4.79 Å². The average Bonchev–Trinajstić information content (AvgIpc) is 2.49. The molecule has 0 unspecified atom stereocenters. The van der Waals surface area contributed by atoms with Crippen molar-refractivity contribution in [2.45, 2.75) is 19.9 Å². The van der Waals surface area contributed by atoms with E-state index in [1.807, 2.05) is 31.2 Å². The van der Waals surface area contributed by atoms with E-state index >= 15 is 0 Å². The van der Waals surface area contributed by atoms with Gasteiger partial charge in [0.15, 0.2) is 0 Å². The van der Waals surface area contributed by atoms with Gasteiger partial charge in [-0.3, -0.25) is 9.59 Å². The smallest absolute Gasteiger partial charge is 0.253 e. The number of anilines is 1. The lowest BCUT2D eigenvalue weighted by Crippen LogP contribution is -2.41. The number of hydrogen-bond donors (Lipinski definition) is 2.